The molecule has 3 aliphatic carbocycles. The summed E-state index contributed by atoms with van der Waals surface area (Å²) in [6.45, 7) is 0. The maximum atomic E-state index is 12.3. The van der Waals surface area contributed by atoms with E-state index < -0.39 is 5.56 Å². The second kappa shape index (κ2) is 6.70. The first-order valence-corrected chi connectivity index (χ1v) is 10.5. The van der Waals surface area contributed by atoms with Crippen LogP contribution in [0.15, 0.2) is 36.4 Å². The first-order valence-electron chi connectivity index (χ1n) is 9.18. The van der Waals surface area contributed by atoms with Gasteiger partial charge in [-0.05, 0) is 66.1 Å². The molecule has 2 fully saturated rings. The molecule has 7 heteroatoms. The summed E-state index contributed by atoms with van der Waals surface area (Å²) >= 11 is 7.53. The Bertz CT molecular complexity index is 1020. The van der Waals surface area contributed by atoms with Crippen LogP contribution in [-0.4, -0.2) is 21.8 Å². The number of thioether (sulfide) groups is 1. The van der Waals surface area contributed by atoms with Crippen molar-refractivity contribution in [3.8, 4) is 17.6 Å². The van der Waals surface area contributed by atoms with Crippen LogP contribution >= 0.6 is 23.4 Å². The minimum absolute atomic E-state index is 0.0801. The summed E-state index contributed by atoms with van der Waals surface area (Å²) in [5.41, 5.74) is 2.08. The largest absolute Gasteiger partial charge is 0.456 e. The van der Waals surface area contributed by atoms with Gasteiger partial charge < -0.3 is 15.2 Å². The van der Waals surface area contributed by atoms with Crippen LogP contribution in [0.4, 0.5) is 0 Å². The van der Waals surface area contributed by atoms with Crippen molar-refractivity contribution < 1.29 is 14.6 Å². The predicted octanol–water partition coefficient (Wildman–Crippen LogP) is 4.10. The second-order valence-electron chi connectivity index (χ2n) is 7.52. The molecule has 6 rings (SSSR count). The number of halogens is 1. The van der Waals surface area contributed by atoms with Gasteiger partial charge in [-0.25, -0.2) is 0 Å². The topological polar surface area (TPSA) is 82.3 Å². The fourth-order valence-electron chi connectivity index (χ4n) is 4.61. The number of hydrogen-bond donors (Lipinski definition) is 2. The highest BCUT2D eigenvalue weighted by Gasteiger charge is 2.51. The number of nitrogens with zero attached hydrogens (tertiary/aromatic N) is 1. The Labute approximate surface area is 171 Å². The molecule has 0 aromatic heterocycles. The van der Waals surface area contributed by atoms with Crippen LogP contribution in [0.3, 0.4) is 0 Å². The average molecular weight is 413 g/mol. The molecule has 2 aromatic rings. The molecule has 3 atom stereocenters. The van der Waals surface area contributed by atoms with Crippen LogP contribution in [0.25, 0.3) is 0 Å². The Morgan fingerprint density at radius 2 is 2.04 bits per heavy atom. The highest BCUT2D eigenvalue weighted by molar-refractivity contribution is 8.01. The Morgan fingerprint density at radius 1 is 1.21 bits per heavy atom. The Hall–Kier alpha value is -2.20. The lowest BCUT2D eigenvalue weighted by Gasteiger charge is -2.49. The lowest BCUT2D eigenvalue weighted by molar-refractivity contribution is -0.121. The van der Waals surface area contributed by atoms with Crippen LogP contribution in [-0.2, 0) is 4.79 Å². The number of hydrogen-bond acceptors (Lipinski definition) is 5. The van der Waals surface area contributed by atoms with E-state index in [9.17, 15) is 9.90 Å². The summed E-state index contributed by atoms with van der Waals surface area (Å²) in [7, 11) is 0. The highest BCUT2D eigenvalue weighted by Crippen LogP contribution is 2.59. The molecule has 142 valence electrons. The van der Waals surface area contributed by atoms with E-state index in [4.69, 9.17) is 21.6 Å². The van der Waals surface area contributed by atoms with Crippen LogP contribution in [0.2, 0.25) is 5.02 Å². The normalized spacial score (nSPS) is 30.0. The summed E-state index contributed by atoms with van der Waals surface area (Å²) in [5, 5.41) is 21.5. The third-order valence-corrected chi connectivity index (χ3v) is 7.43. The first kappa shape index (κ1) is 17.9. The van der Waals surface area contributed by atoms with Crippen molar-refractivity contribution in [3.63, 3.8) is 0 Å². The van der Waals surface area contributed by atoms with Crippen LogP contribution in [0.5, 0.6) is 11.5 Å². The van der Waals surface area contributed by atoms with E-state index >= 15 is 0 Å². The fraction of sp³-hybridized carbons (Fsp3) is 0.333. The maximum absolute atomic E-state index is 12.3. The lowest BCUT2D eigenvalue weighted by Crippen LogP contribution is -2.41. The van der Waals surface area contributed by atoms with Gasteiger partial charge >= 0.3 is 0 Å². The van der Waals surface area contributed by atoms with Crippen molar-refractivity contribution in [3.05, 3.63) is 58.1 Å². The van der Waals surface area contributed by atoms with Gasteiger partial charge in [0.2, 0.25) is 5.91 Å². The van der Waals surface area contributed by atoms with E-state index in [1.54, 1.807) is 18.2 Å². The third-order valence-electron chi connectivity index (χ3n) is 5.95. The molecule has 2 bridgehead atoms. The molecule has 2 N–H and O–H groups in total. The Balaban J connectivity index is 1.45. The zero-order valence-electron chi connectivity index (χ0n) is 14.8. The Morgan fingerprint density at radius 3 is 2.71 bits per heavy atom. The molecule has 0 spiro atoms. The number of carbonyl (C=O) groups excluding carboxylic acids is 1. The molecule has 0 radical (unpaired) electrons. The number of nitriles is 1. The van der Waals surface area contributed by atoms with Crippen LogP contribution < -0.4 is 10.1 Å². The molecule has 2 aromatic carbocycles. The smallest absolute Gasteiger partial charge is 0.236 e. The van der Waals surface area contributed by atoms with Crippen molar-refractivity contribution >= 4 is 29.3 Å². The van der Waals surface area contributed by atoms with Crippen molar-refractivity contribution in [2.24, 2.45) is 5.92 Å². The summed E-state index contributed by atoms with van der Waals surface area (Å²) in [6.07, 6.45) is 2.14. The number of aliphatic hydroxyl groups excluding tert-OH is 1. The van der Waals surface area contributed by atoms with E-state index in [0.29, 0.717) is 33.9 Å². The number of amides is 1. The summed E-state index contributed by atoms with van der Waals surface area (Å²) in [6, 6.07) is 13.0. The van der Waals surface area contributed by atoms with Gasteiger partial charge in [0.1, 0.15) is 11.5 Å². The van der Waals surface area contributed by atoms with Crippen molar-refractivity contribution in [1.82, 2.24) is 5.32 Å². The van der Waals surface area contributed by atoms with Gasteiger partial charge in [-0.3, -0.25) is 4.79 Å². The summed E-state index contributed by atoms with van der Waals surface area (Å²) in [4.78, 5) is 12.3. The Kier molecular flexibility index (Phi) is 4.27. The van der Waals surface area contributed by atoms with Gasteiger partial charge in [-0.2, -0.15) is 5.26 Å². The number of benzene rings is 2. The second-order valence-corrected chi connectivity index (χ2v) is 9.16. The third kappa shape index (κ3) is 2.86. The minimum atomic E-state index is -0.820. The first-order chi connectivity index (χ1) is 13.5. The zero-order chi connectivity index (χ0) is 19.4. The molecule has 3 unspecified atom stereocenters. The molecular weight excluding hydrogens is 396 g/mol. The van der Waals surface area contributed by atoms with E-state index in [1.165, 1.54) is 22.9 Å². The van der Waals surface area contributed by atoms with E-state index in [2.05, 4.69) is 11.4 Å². The summed E-state index contributed by atoms with van der Waals surface area (Å²) < 4.78 is 5.97. The quantitative estimate of drug-likeness (QED) is 0.793. The van der Waals surface area contributed by atoms with Gasteiger partial charge in [0.15, 0.2) is 5.56 Å². The van der Waals surface area contributed by atoms with Crippen molar-refractivity contribution in [2.45, 2.75) is 35.5 Å². The van der Waals surface area contributed by atoms with Gasteiger partial charge in [0.25, 0.3) is 0 Å². The van der Waals surface area contributed by atoms with Crippen molar-refractivity contribution in [2.75, 3.05) is 0 Å². The molecule has 5 nitrogen and oxygen atoms in total. The molecule has 1 aliphatic heterocycles. The number of ether oxygens (including phenoxy) is 1. The van der Waals surface area contributed by atoms with Gasteiger partial charge in [-0.15, -0.1) is 0 Å². The number of nitrogens with one attached hydrogen (secondary N) is 1. The number of aliphatic hydroxyl groups is 1. The van der Waals surface area contributed by atoms with E-state index in [0.717, 1.165) is 12.8 Å². The van der Waals surface area contributed by atoms with Crippen LogP contribution in [0.1, 0.15) is 41.4 Å². The van der Waals surface area contributed by atoms with Gasteiger partial charge in [0, 0.05) is 5.92 Å². The molecule has 1 saturated carbocycles. The van der Waals surface area contributed by atoms with E-state index in [1.807, 2.05) is 18.2 Å². The summed E-state index contributed by atoms with van der Waals surface area (Å²) in [5.74, 6) is 2.23. The van der Waals surface area contributed by atoms with E-state index in [-0.39, 0.29) is 17.1 Å². The average Bonchev–Trinajstić information content (AvgIpc) is 2.99. The maximum Gasteiger partial charge on any atom is 0.236 e. The van der Waals surface area contributed by atoms with Gasteiger partial charge in [-0.1, -0.05) is 29.4 Å². The number of carbonyl (C=O) groups is 1. The number of rotatable bonds is 3. The van der Waals surface area contributed by atoms with Crippen LogP contribution in [0, 0.1) is 17.2 Å². The van der Waals surface area contributed by atoms with Gasteiger partial charge in [0.05, 0.1) is 21.9 Å². The zero-order valence-corrected chi connectivity index (χ0v) is 16.3. The van der Waals surface area contributed by atoms with Crippen molar-refractivity contribution in [1.29, 1.82) is 5.26 Å². The molecule has 4 aliphatic rings. The fourth-order valence-corrected chi connectivity index (χ4v) is 6.02. The molecule has 1 heterocycles. The monoisotopic (exact) mass is 412 g/mol. The standard InChI is InChI=1S/C21H17ClN2O3S/c22-16-5-10(9-23)1-4-17(16)27-13-2-3-14-15(8-13)11-6-12(7-11)18(14)19-20(25)24-21(26)28-19/h1-5,8,11-12,18-19,21,26H,6-7H2,(H,24,25). The predicted molar refractivity (Wildman–Crippen MR) is 106 cm³/mol. The molecular formula is C21H17ClN2O3S. The lowest BCUT2D eigenvalue weighted by atomic mass is 9.56. The molecule has 28 heavy (non-hydrogen) atoms. The highest BCUT2D eigenvalue weighted by atomic mass is 35.5. The molecule has 1 saturated heterocycles. The molecule has 1 amide bonds. The SMILES string of the molecule is N#Cc1ccc(Oc2ccc3c(c2)C2CC(C2)C3C2SC(O)NC2=O)c(Cl)c1. The minimum Gasteiger partial charge on any atom is -0.456 e.